The number of benzene rings is 1. The van der Waals surface area contributed by atoms with Crippen LogP contribution in [-0.2, 0) is 14.8 Å². The standard InChI is InChI=1S/C18H25N3O6S/c1-12-2-4-13(5-3-12)19-18(23)17-10-15(22)11-20(17)28(26,27)16-8-6-14(7-9-16)21(24)25/h6-9,12-13,15,17,22H,2-5,10-11H2,1H3,(H,19,23)/t12?,13?,15-,17-/m1/s1. The van der Waals surface area contributed by atoms with Crippen molar-refractivity contribution >= 4 is 21.6 Å². The molecular weight excluding hydrogens is 386 g/mol. The van der Waals surface area contributed by atoms with Crippen LogP contribution in [0, 0.1) is 16.0 Å². The van der Waals surface area contributed by atoms with Crippen LogP contribution in [0.5, 0.6) is 0 Å². The number of carbonyl (C=O) groups is 1. The minimum atomic E-state index is -4.07. The van der Waals surface area contributed by atoms with Crippen molar-refractivity contribution in [3.8, 4) is 0 Å². The number of nitro benzene ring substituents is 1. The molecule has 1 aromatic rings. The molecule has 154 valence electrons. The first-order valence-corrected chi connectivity index (χ1v) is 10.9. The summed E-state index contributed by atoms with van der Waals surface area (Å²) in [5.41, 5.74) is -0.221. The third-order valence-electron chi connectivity index (χ3n) is 5.55. The van der Waals surface area contributed by atoms with E-state index in [9.17, 15) is 28.4 Å². The molecule has 2 aliphatic rings. The number of carbonyl (C=O) groups excluding carboxylic acids is 1. The Morgan fingerprint density at radius 2 is 1.82 bits per heavy atom. The monoisotopic (exact) mass is 411 g/mol. The van der Waals surface area contributed by atoms with E-state index in [2.05, 4.69) is 12.2 Å². The lowest BCUT2D eigenvalue weighted by molar-refractivity contribution is -0.384. The second kappa shape index (κ2) is 8.14. The van der Waals surface area contributed by atoms with Gasteiger partial charge in [-0.05, 0) is 43.7 Å². The summed E-state index contributed by atoms with van der Waals surface area (Å²) >= 11 is 0. The highest BCUT2D eigenvalue weighted by Gasteiger charge is 2.44. The number of β-amino-alcohol motifs (C(OH)–C–C–N with tert-alkyl or cyclic N) is 1. The zero-order valence-corrected chi connectivity index (χ0v) is 16.5. The summed E-state index contributed by atoms with van der Waals surface area (Å²) in [4.78, 5) is 22.8. The van der Waals surface area contributed by atoms with Gasteiger partial charge in [0.25, 0.3) is 5.69 Å². The van der Waals surface area contributed by atoms with Crippen LogP contribution in [0.2, 0.25) is 0 Å². The van der Waals surface area contributed by atoms with Crippen LogP contribution in [0.15, 0.2) is 29.2 Å². The summed E-state index contributed by atoms with van der Waals surface area (Å²) in [5.74, 6) is 0.224. The number of nitrogens with zero attached hydrogens (tertiary/aromatic N) is 2. The molecule has 9 nitrogen and oxygen atoms in total. The van der Waals surface area contributed by atoms with Gasteiger partial charge >= 0.3 is 0 Å². The first-order chi connectivity index (χ1) is 13.2. The minimum Gasteiger partial charge on any atom is -0.392 e. The van der Waals surface area contributed by atoms with Gasteiger partial charge in [-0.15, -0.1) is 0 Å². The summed E-state index contributed by atoms with van der Waals surface area (Å²) in [5, 5.41) is 23.7. The van der Waals surface area contributed by atoms with Gasteiger partial charge in [-0.3, -0.25) is 14.9 Å². The van der Waals surface area contributed by atoms with E-state index in [4.69, 9.17) is 0 Å². The van der Waals surface area contributed by atoms with E-state index >= 15 is 0 Å². The van der Waals surface area contributed by atoms with Crippen molar-refractivity contribution in [2.24, 2.45) is 5.92 Å². The highest BCUT2D eigenvalue weighted by atomic mass is 32.2. The number of sulfonamides is 1. The third kappa shape index (κ3) is 4.34. The molecular formula is C18H25N3O6S. The van der Waals surface area contributed by atoms with Gasteiger partial charge in [0.05, 0.1) is 15.9 Å². The van der Waals surface area contributed by atoms with E-state index in [-0.39, 0.29) is 29.6 Å². The molecule has 1 aliphatic heterocycles. The van der Waals surface area contributed by atoms with E-state index in [0.29, 0.717) is 5.92 Å². The largest absolute Gasteiger partial charge is 0.392 e. The first kappa shape index (κ1) is 20.7. The normalized spacial score (nSPS) is 28.8. The van der Waals surface area contributed by atoms with Gasteiger partial charge in [-0.1, -0.05) is 6.92 Å². The number of nitro groups is 1. The van der Waals surface area contributed by atoms with Gasteiger partial charge in [0.1, 0.15) is 6.04 Å². The Morgan fingerprint density at radius 3 is 2.39 bits per heavy atom. The zero-order chi connectivity index (χ0) is 20.5. The smallest absolute Gasteiger partial charge is 0.269 e. The molecule has 2 atom stereocenters. The van der Waals surface area contributed by atoms with Gasteiger partial charge in [0, 0.05) is 31.1 Å². The molecule has 28 heavy (non-hydrogen) atoms. The Morgan fingerprint density at radius 1 is 1.21 bits per heavy atom. The summed E-state index contributed by atoms with van der Waals surface area (Å²) in [7, 11) is -4.07. The van der Waals surface area contributed by atoms with Crippen molar-refractivity contribution in [2.45, 2.75) is 62.1 Å². The fourth-order valence-corrected chi connectivity index (χ4v) is 5.50. The predicted molar refractivity (Wildman–Crippen MR) is 101 cm³/mol. The molecule has 0 aromatic heterocycles. The lowest BCUT2D eigenvalue weighted by Gasteiger charge is -2.29. The van der Waals surface area contributed by atoms with E-state index in [0.717, 1.165) is 54.3 Å². The van der Waals surface area contributed by atoms with E-state index in [1.165, 1.54) is 0 Å². The van der Waals surface area contributed by atoms with Gasteiger partial charge in [-0.2, -0.15) is 4.31 Å². The second-order valence-electron chi connectivity index (χ2n) is 7.70. The molecule has 1 saturated carbocycles. The Balaban J connectivity index is 1.76. The van der Waals surface area contributed by atoms with E-state index in [1.54, 1.807) is 0 Å². The molecule has 10 heteroatoms. The molecule has 2 fully saturated rings. The molecule has 0 bridgehead atoms. The molecule has 0 spiro atoms. The lowest BCUT2D eigenvalue weighted by atomic mass is 9.87. The average molecular weight is 411 g/mol. The first-order valence-electron chi connectivity index (χ1n) is 9.43. The minimum absolute atomic E-state index is 0.0189. The van der Waals surface area contributed by atoms with E-state index in [1.807, 2.05) is 0 Å². The number of rotatable bonds is 5. The Hall–Kier alpha value is -2.04. The summed E-state index contributed by atoms with van der Waals surface area (Å²) < 4.78 is 27.0. The fourth-order valence-electron chi connectivity index (χ4n) is 3.87. The molecule has 1 amide bonds. The molecule has 0 unspecified atom stereocenters. The maximum absolute atomic E-state index is 13.0. The van der Waals surface area contributed by atoms with Crippen molar-refractivity contribution in [2.75, 3.05) is 6.54 Å². The summed E-state index contributed by atoms with van der Waals surface area (Å²) in [6, 6.07) is 3.54. The predicted octanol–water partition coefficient (Wildman–Crippen LogP) is 1.41. The number of nitrogens with one attached hydrogen (secondary N) is 1. The van der Waals surface area contributed by atoms with Crippen LogP contribution in [0.3, 0.4) is 0 Å². The van der Waals surface area contributed by atoms with Crippen LogP contribution in [0.4, 0.5) is 5.69 Å². The SMILES string of the molecule is CC1CCC(NC(=O)[C@H]2C[C@@H](O)CN2S(=O)(=O)c2ccc([N+](=O)[O-])cc2)CC1. The zero-order valence-electron chi connectivity index (χ0n) is 15.7. The van der Waals surface area contributed by atoms with Crippen molar-refractivity contribution < 1.29 is 23.2 Å². The van der Waals surface area contributed by atoms with Crippen molar-refractivity contribution in [3.63, 3.8) is 0 Å². The Labute approximate surface area is 163 Å². The number of non-ortho nitro benzene ring substituents is 1. The summed E-state index contributed by atoms with van der Waals surface area (Å²) in [6.07, 6.45) is 2.84. The third-order valence-corrected chi connectivity index (χ3v) is 7.44. The van der Waals surface area contributed by atoms with Gasteiger partial charge in [0.15, 0.2) is 0 Å². The number of amides is 1. The molecule has 1 saturated heterocycles. The number of aliphatic hydroxyl groups excluding tert-OH is 1. The Bertz CT molecular complexity index is 833. The fraction of sp³-hybridized carbons (Fsp3) is 0.611. The number of hydrogen-bond acceptors (Lipinski definition) is 6. The highest BCUT2D eigenvalue weighted by Crippen LogP contribution is 2.29. The topological polar surface area (TPSA) is 130 Å². The van der Waals surface area contributed by atoms with Crippen molar-refractivity contribution in [3.05, 3.63) is 34.4 Å². The van der Waals surface area contributed by atoms with E-state index < -0.39 is 33.0 Å². The number of hydrogen-bond donors (Lipinski definition) is 2. The second-order valence-corrected chi connectivity index (χ2v) is 9.59. The van der Waals surface area contributed by atoms with Crippen molar-refractivity contribution in [1.29, 1.82) is 0 Å². The molecule has 1 heterocycles. The maximum atomic E-state index is 13.0. The molecule has 3 rings (SSSR count). The van der Waals surface area contributed by atoms with Gasteiger partial charge < -0.3 is 10.4 Å². The molecule has 2 N–H and O–H groups in total. The molecule has 1 aromatic carbocycles. The lowest BCUT2D eigenvalue weighted by Crippen LogP contribution is -2.49. The molecule has 1 aliphatic carbocycles. The van der Waals surface area contributed by atoms with Crippen LogP contribution in [-0.4, -0.2) is 53.4 Å². The van der Waals surface area contributed by atoms with Crippen LogP contribution in [0.25, 0.3) is 0 Å². The number of aliphatic hydroxyl groups is 1. The maximum Gasteiger partial charge on any atom is 0.269 e. The molecule has 0 radical (unpaired) electrons. The van der Waals surface area contributed by atoms with Crippen LogP contribution >= 0.6 is 0 Å². The summed E-state index contributed by atoms with van der Waals surface area (Å²) in [6.45, 7) is 1.99. The van der Waals surface area contributed by atoms with Crippen LogP contribution < -0.4 is 5.32 Å². The average Bonchev–Trinajstić information content (AvgIpc) is 3.06. The van der Waals surface area contributed by atoms with Gasteiger partial charge in [-0.25, -0.2) is 8.42 Å². The quantitative estimate of drug-likeness (QED) is 0.557. The van der Waals surface area contributed by atoms with Crippen molar-refractivity contribution in [1.82, 2.24) is 9.62 Å². The Kier molecular flexibility index (Phi) is 6.01. The van der Waals surface area contributed by atoms with Crippen LogP contribution in [0.1, 0.15) is 39.0 Å². The van der Waals surface area contributed by atoms with Gasteiger partial charge in [0.2, 0.25) is 15.9 Å². The highest BCUT2D eigenvalue weighted by molar-refractivity contribution is 7.89.